The second-order valence-corrected chi connectivity index (χ2v) is 4.86. The van der Waals surface area contributed by atoms with E-state index in [0.29, 0.717) is 24.8 Å². The van der Waals surface area contributed by atoms with Gasteiger partial charge in [-0.05, 0) is 24.6 Å². The number of likely N-dealkylation sites (tertiary alicyclic amines) is 1. The number of amides is 2. The maximum atomic E-state index is 11.9. The van der Waals surface area contributed by atoms with Crippen LogP contribution < -0.4 is 10.1 Å². The number of ether oxygens (including phenoxy) is 1. The van der Waals surface area contributed by atoms with Crippen molar-refractivity contribution in [3.63, 3.8) is 0 Å². The van der Waals surface area contributed by atoms with Crippen LogP contribution in [0.3, 0.4) is 0 Å². The first-order valence-electron chi connectivity index (χ1n) is 6.63. The number of rotatable bonds is 3. The van der Waals surface area contributed by atoms with Crippen LogP contribution in [0.25, 0.3) is 0 Å². The van der Waals surface area contributed by atoms with Crippen molar-refractivity contribution in [1.29, 1.82) is 0 Å². The van der Waals surface area contributed by atoms with Gasteiger partial charge in [-0.15, -0.1) is 5.10 Å². The van der Waals surface area contributed by atoms with Crippen molar-refractivity contribution >= 4 is 11.8 Å². The summed E-state index contributed by atoms with van der Waals surface area (Å²) in [4.78, 5) is 17.7. The van der Waals surface area contributed by atoms with Crippen LogP contribution in [0.15, 0.2) is 36.7 Å². The molecule has 3 heterocycles. The maximum Gasteiger partial charge on any atom is 0.323 e. The SMILES string of the molecule is Cc1ccc(OC2CN(C(=O)Nc3cccnn3)C2)nc1. The van der Waals surface area contributed by atoms with Crippen LogP contribution >= 0.6 is 0 Å². The minimum Gasteiger partial charge on any atom is -0.471 e. The average Bonchev–Trinajstić information content (AvgIpc) is 2.45. The number of nitrogens with one attached hydrogen (secondary N) is 1. The zero-order valence-electron chi connectivity index (χ0n) is 11.6. The Kier molecular flexibility index (Phi) is 3.63. The molecular formula is C14H15N5O2. The van der Waals surface area contributed by atoms with E-state index >= 15 is 0 Å². The molecule has 2 aromatic heterocycles. The van der Waals surface area contributed by atoms with E-state index in [1.54, 1.807) is 29.4 Å². The monoisotopic (exact) mass is 285 g/mol. The van der Waals surface area contributed by atoms with Crippen LogP contribution in [0.2, 0.25) is 0 Å². The van der Waals surface area contributed by atoms with Gasteiger partial charge in [-0.1, -0.05) is 6.07 Å². The highest BCUT2D eigenvalue weighted by atomic mass is 16.5. The van der Waals surface area contributed by atoms with Crippen molar-refractivity contribution in [2.24, 2.45) is 0 Å². The van der Waals surface area contributed by atoms with E-state index in [4.69, 9.17) is 4.74 Å². The molecule has 0 unspecified atom stereocenters. The summed E-state index contributed by atoms with van der Waals surface area (Å²) in [5.41, 5.74) is 1.08. The predicted molar refractivity (Wildman–Crippen MR) is 76.0 cm³/mol. The van der Waals surface area contributed by atoms with Gasteiger partial charge in [-0.2, -0.15) is 5.10 Å². The molecule has 0 radical (unpaired) electrons. The average molecular weight is 285 g/mol. The van der Waals surface area contributed by atoms with Gasteiger partial charge in [0.25, 0.3) is 0 Å². The summed E-state index contributed by atoms with van der Waals surface area (Å²) in [5.74, 6) is 1.02. The van der Waals surface area contributed by atoms with E-state index in [1.807, 2.05) is 19.1 Å². The van der Waals surface area contributed by atoms with Gasteiger partial charge in [0.1, 0.15) is 6.10 Å². The quantitative estimate of drug-likeness (QED) is 0.923. The number of aryl methyl sites for hydroxylation is 1. The first-order chi connectivity index (χ1) is 10.2. The molecule has 21 heavy (non-hydrogen) atoms. The Morgan fingerprint density at radius 2 is 2.24 bits per heavy atom. The van der Waals surface area contributed by atoms with Crippen LogP contribution in [0.4, 0.5) is 10.6 Å². The summed E-state index contributed by atoms with van der Waals surface area (Å²) in [6.45, 7) is 3.03. The van der Waals surface area contributed by atoms with Crippen LogP contribution in [0, 0.1) is 6.92 Å². The van der Waals surface area contributed by atoms with Gasteiger partial charge in [0, 0.05) is 18.5 Å². The molecule has 108 valence electrons. The second kappa shape index (κ2) is 5.74. The number of hydrogen-bond donors (Lipinski definition) is 1. The zero-order valence-corrected chi connectivity index (χ0v) is 11.6. The largest absolute Gasteiger partial charge is 0.471 e. The van der Waals surface area contributed by atoms with Gasteiger partial charge < -0.3 is 9.64 Å². The minimum absolute atomic E-state index is 0.0205. The van der Waals surface area contributed by atoms with Crippen molar-refractivity contribution < 1.29 is 9.53 Å². The van der Waals surface area contributed by atoms with Gasteiger partial charge in [0.2, 0.25) is 5.88 Å². The van der Waals surface area contributed by atoms with Crippen LogP contribution in [0.5, 0.6) is 5.88 Å². The lowest BCUT2D eigenvalue weighted by molar-refractivity contribution is 0.0460. The molecule has 1 fully saturated rings. The van der Waals surface area contributed by atoms with Crippen molar-refractivity contribution in [3.8, 4) is 5.88 Å². The van der Waals surface area contributed by atoms with Gasteiger partial charge >= 0.3 is 6.03 Å². The molecule has 1 aliphatic rings. The molecule has 7 heteroatoms. The molecule has 0 bridgehead atoms. The summed E-state index contributed by atoms with van der Waals surface area (Å²) in [7, 11) is 0. The smallest absolute Gasteiger partial charge is 0.323 e. The Hall–Kier alpha value is -2.70. The Bertz CT molecular complexity index is 611. The predicted octanol–water partition coefficient (Wildman–Crippen LogP) is 1.48. The fraction of sp³-hybridized carbons (Fsp3) is 0.286. The summed E-state index contributed by atoms with van der Waals surface area (Å²) in [6.07, 6.45) is 3.29. The molecule has 0 aliphatic carbocycles. The molecular weight excluding hydrogens is 270 g/mol. The lowest BCUT2D eigenvalue weighted by atomic mass is 10.2. The molecule has 0 aromatic carbocycles. The fourth-order valence-corrected chi connectivity index (χ4v) is 1.93. The Morgan fingerprint density at radius 3 is 2.90 bits per heavy atom. The highest BCUT2D eigenvalue weighted by Gasteiger charge is 2.32. The topological polar surface area (TPSA) is 80.2 Å². The highest BCUT2D eigenvalue weighted by molar-refractivity contribution is 5.88. The first-order valence-corrected chi connectivity index (χ1v) is 6.63. The van der Waals surface area contributed by atoms with E-state index in [1.165, 1.54) is 0 Å². The third-order valence-corrected chi connectivity index (χ3v) is 3.11. The van der Waals surface area contributed by atoms with Crippen LogP contribution in [-0.4, -0.2) is 45.3 Å². The molecule has 2 amide bonds. The molecule has 7 nitrogen and oxygen atoms in total. The minimum atomic E-state index is -0.202. The number of hydrogen-bond acceptors (Lipinski definition) is 5. The molecule has 0 spiro atoms. The van der Waals surface area contributed by atoms with E-state index in [9.17, 15) is 4.79 Å². The Labute approximate surface area is 122 Å². The Balaban J connectivity index is 1.47. The molecule has 0 atom stereocenters. The zero-order chi connectivity index (χ0) is 14.7. The number of nitrogens with zero attached hydrogens (tertiary/aromatic N) is 4. The van der Waals surface area contributed by atoms with Gasteiger partial charge in [-0.25, -0.2) is 9.78 Å². The van der Waals surface area contributed by atoms with Gasteiger partial charge in [-0.3, -0.25) is 5.32 Å². The van der Waals surface area contributed by atoms with E-state index in [2.05, 4.69) is 20.5 Å². The lowest BCUT2D eigenvalue weighted by Crippen LogP contribution is -2.57. The molecule has 2 aromatic rings. The van der Waals surface area contributed by atoms with E-state index in [-0.39, 0.29) is 12.1 Å². The number of aromatic nitrogens is 3. The fourth-order valence-electron chi connectivity index (χ4n) is 1.93. The van der Waals surface area contributed by atoms with E-state index < -0.39 is 0 Å². The second-order valence-electron chi connectivity index (χ2n) is 4.86. The lowest BCUT2D eigenvalue weighted by Gasteiger charge is -2.38. The van der Waals surface area contributed by atoms with Crippen molar-refractivity contribution in [3.05, 3.63) is 42.2 Å². The van der Waals surface area contributed by atoms with Crippen molar-refractivity contribution in [2.45, 2.75) is 13.0 Å². The first kappa shape index (κ1) is 13.3. The van der Waals surface area contributed by atoms with E-state index in [0.717, 1.165) is 5.56 Å². The number of carbonyl (C=O) groups excluding carboxylic acids is 1. The van der Waals surface area contributed by atoms with Gasteiger partial charge in [0.15, 0.2) is 5.82 Å². The number of carbonyl (C=O) groups is 1. The summed E-state index contributed by atoms with van der Waals surface area (Å²) in [6, 6.07) is 6.98. The maximum absolute atomic E-state index is 11.9. The van der Waals surface area contributed by atoms with Crippen molar-refractivity contribution in [1.82, 2.24) is 20.1 Å². The molecule has 0 saturated carbocycles. The van der Waals surface area contributed by atoms with Crippen LogP contribution in [0.1, 0.15) is 5.56 Å². The van der Waals surface area contributed by atoms with Crippen molar-refractivity contribution in [2.75, 3.05) is 18.4 Å². The molecule has 3 rings (SSSR count). The van der Waals surface area contributed by atoms with Crippen LogP contribution in [-0.2, 0) is 0 Å². The summed E-state index contributed by atoms with van der Waals surface area (Å²) < 4.78 is 5.68. The molecule has 1 saturated heterocycles. The number of pyridine rings is 1. The summed E-state index contributed by atoms with van der Waals surface area (Å²) >= 11 is 0. The van der Waals surface area contributed by atoms with Gasteiger partial charge in [0.05, 0.1) is 13.1 Å². The Morgan fingerprint density at radius 1 is 1.38 bits per heavy atom. The summed E-state index contributed by atoms with van der Waals surface area (Å²) in [5, 5.41) is 10.2. The highest BCUT2D eigenvalue weighted by Crippen LogP contribution is 2.17. The molecule has 1 N–H and O–H groups in total. The third-order valence-electron chi connectivity index (χ3n) is 3.11. The number of urea groups is 1. The number of anilines is 1. The molecule has 1 aliphatic heterocycles. The standard InChI is InChI=1S/C14H15N5O2/c1-10-4-5-13(15-7-10)21-11-8-19(9-11)14(20)17-12-3-2-6-16-18-12/h2-7,11H,8-9H2,1H3,(H,17,18,20). The third kappa shape index (κ3) is 3.25. The normalized spacial score (nSPS) is 14.4.